The molecule has 0 aliphatic rings. The van der Waals surface area contributed by atoms with Gasteiger partial charge in [0.05, 0.1) is 0 Å². The van der Waals surface area contributed by atoms with Gasteiger partial charge in [-0.15, -0.1) is 0 Å². The number of carbonyl (C=O) groups is 1. The topological polar surface area (TPSA) is 62.2 Å². The Labute approximate surface area is 93.5 Å². The molecule has 0 fully saturated rings. The number of halogens is 1. The summed E-state index contributed by atoms with van der Waals surface area (Å²) in [5.74, 6) is -1.53. The van der Waals surface area contributed by atoms with E-state index in [1.807, 2.05) is 6.92 Å². The molecule has 0 aliphatic carbocycles. The predicted molar refractivity (Wildman–Crippen MR) is 58.8 cm³/mol. The van der Waals surface area contributed by atoms with Crippen molar-refractivity contribution in [2.24, 2.45) is 0 Å². The molecule has 0 unspecified atom stereocenters. The summed E-state index contributed by atoms with van der Waals surface area (Å²) >= 11 is 0. The molecule has 0 saturated carbocycles. The van der Waals surface area contributed by atoms with E-state index >= 15 is 0 Å². The maximum absolute atomic E-state index is 13.2. The van der Waals surface area contributed by atoms with Crippen molar-refractivity contribution in [1.29, 1.82) is 0 Å². The number of hydrogen-bond acceptors (Lipinski definition) is 3. The van der Waals surface area contributed by atoms with E-state index in [0.29, 0.717) is 6.42 Å². The van der Waals surface area contributed by atoms with Gasteiger partial charge < -0.3 is 10.4 Å². The Morgan fingerprint density at radius 2 is 2.44 bits per heavy atom. The molecule has 4 nitrogen and oxygen atoms in total. The van der Waals surface area contributed by atoms with E-state index in [4.69, 9.17) is 5.11 Å². The van der Waals surface area contributed by atoms with Crippen LogP contribution in [0.2, 0.25) is 0 Å². The van der Waals surface area contributed by atoms with Gasteiger partial charge in [0.25, 0.3) is 0 Å². The Hall–Kier alpha value is -1.65. The van der Waals surface area contributed by atoms with Gasteiger partial charge in [-0.1, -0.05) is 19.8 Å². The summed E-state index contributed by atoms with van der Waals surface area (Å²) in [5, 5.41) is 11.5. The molecule has 0 aliphatic heterocycles. The van der Waals surface area contributed by atoms with Gasteiger partial charge in [-0.25, -0.2) is 14.2 Å². The lowest BCUT2D eigenvalue weighted by atomic mass is 10.1. The normalized spacial score (nSPS) is 12.1. The highest BCUT2D eigenvalue weighted by molar-refractivity contribution is 5.76. The minimum atomic E-state index is -0.987. The average molecular weight is 226 g/mol. The van der Waals surface area contributed by atoms with Gasteiger partial charge in [0.2, 0.25) is 0 Å². The van der Waals surface area contributed by atoms with Crippen LogP contribution in [0.5, 0.6) is 0 Å². The molecule has 1 atom stereocenters. The number of anilines is 1. The first-order valence-corrected chi connectivity index (χ1v) is 5.25. The third kappa shape index (κ3) is 3.49. The van der Waals surface area contributed by atoms with Gasteiger partial charge in [0, 0.05) is 6.20 Å². The lowest BCUT2D eigenvalue weighted by molar-refractivity contribution is -0.138. The van der Waals surface area contributed by atoms with Crippen molar-refractivity contribution in [3.63, 3.8) is 0 Å². The SMILES string of the molecule is CCCC[C@H](Nc1ncccc1F)C(=O)O. The summed E-state index contributed by atoms with van der Waals surface area (Å²) in [5.41, 5.74) is 0. The van der Waals surface area contributed by atoms with E-state index in [-0.39, 0.29) is 5.82 Å². The maximum Gasteiger partial charge on any atom is 0.326 e. The van der Waals surface area contributed by atoms with Crippen molar-refractivity contribution in [3.8, 4) is 0 Å². The number of carboxylic acid groups (broad SMARTS) is 1. The van der Waals surface area contributed by atoms with Crippen LogP contribution in [0.3, 0.4) is 0 Å². The second kappa shape index (κ2) is 6.05. The molecule has 1 aromatic heterocycles. The Bertz CT molecular complexity index is 358. The van der Waals surface area contributed by atoms with Gasteiger partial charge in [-0.3, -0.25) is 0 Å². The molecular weight excluding hydrogens is 211 g/mol. The van der Waals surface area contributed by atoms with E-state index in [9.17, 15) is 9.18 Å². The van der Waals surface area contributed by atoms with Crippen molar-refractivity contribution in [2.45, 2.75) is 32.2 Å². The second-order valence-corrected chi connectivity index (χ2v) is 3.51. The molecule has 2 N–H and O–H groups in total. The first kappa shape index (κ1) is 12.4. The lowest BCUT2D eigenvalue weighted by Gasteiger charge is -2.14. The van der Waals surface area contributed by atoms with Gasteiger partial charge >= 0.3 is 5.97 Å². The molecule has 1 heterocycles. The van der Waals surface area contributed by atoms with Crippen molar-refractivity contribution in [1.82, 2.24) is 4.98 Å². The highest BCUT2D eigenvalue weighted by atomic mass is 19.1. The fourth-order valence-electron chi connectivity index (χ4n) is 1.32. The van der Waals surface area contributed by atoms with E-state index in [1.165, 1.54) is 18.3 Å². The minimum absolute atomic E-state index is 0.00833. The summed E-state index contributed by atoms with van der Waals surface area (Å²) < 4.78 is 13.2. The molecule has 16 heavy (non-hydrogen) atoms. The van der Waals surface area contributed by atoms with Crippen molar-refractivity contribution in [2.75, 3.05) is 5.32 Å². The highest BCUT2D eigenvalue weighted by Crippen LogP contribution is 2.12. The number of nitrogens with zero attached hydrogens (tertiary/aromatic N) is 1. The zero-order valence-corrected chi connectivity index (χ0v) is 9.11. The zero-order valence-electron chi connectivity index (χ0n) is 9.11. The molecule has 5 heteroatoms. The Morgan fingerprint density at radius 1 is 1.69 bits per heavy atom. The monoisotopic (exact) mass is 226 g/mol. The summed E-state index contributed by atoms with van der Waals surface area (Å²) in [6.07, 6.45) is 3.56. The minimum Gasteiger partial charge on any atom is -0.480 e. The third-order valence-electron chi connectivity index (χ3n) is 2.21. The van der Waals surface area contributed by atoms with Crippen LogP contribution in [0, 0.1) is 5.82 Å². The number of pyridine rings is 1. The van der Waals surface area contributed by atoms with Crippen molar-refractivity contribution >= 4 is 11.8 Å². The van der Waals surface area contributed by atoms with Gasteiger partial charge in [-0.2, -0.15) is 0 Å². The summed E-state index contributed by atoms with van der Waals surface area (Å²) in [6, 6.07) is 1.92. The summed E-state index contributed by atoms with van der Waals surface area (Å²) in [7, 11) is 0. The zero-order chi connectivity index (χ0) is 12.0. The van der Waals surface area contributed by atoms with Crippen LogP contribution in [-0.4, -0.2) is 22.1 Å². The number of carboxylic acids is 1. The Kier molecular flexibility index (Phi) is 4.69. The summed E-state index contributed by atoms with van der Waals surface area (Å²) in [6.45, 7) is 1.97. The van der Waals surface area contributed by atoms with Crippen LogP contribution < -0.4 is 5.32 Å². The van der Waals surface area contributed by atoms with Crippen LogP contribution in [-0.2, 0) is 4.79 Å². The molecule has 0 radical (unpaired) electrons. The van der Waals surface area contributed by atoms with E-state index in [1.54, 1.807) is 0 Å². The van der Waals surface area contributed by atoms with Crippen molar-refractivity contribution < 1.29 is 14.3 Å². The first-order chi connectivity index (χ1) is 7.65. The fraction of sp³-hybridized carbons (Fsp3) is 0.455. The molecular formula is C11H15FN2O2. The van der Waals surface area contributed by atoms with E-state index in [0.717, 1.165) is 12.8 Å². The standard InChI is InChI=1S/C11H15FN2O2/c1-2-3-6-9(11(15)16)14-10-8(12)5-4-7-13-10/h4-5,7,9H,2-3,6H2,1H3,(H,13,14)(H,15,16)/t9-/m0/s1. The number of nitrogens with one attached hydrogen (secondary N) is 1. The number of aliphatic carboxylic acids is 1. The van der Waals surface area contributed by atoms with Crippen LogP contribution in [0.4, 0.5) is 10.2 Å². The molecule has 1 aromatic rings. The predicted octanol–water partition coefficient (Wildman–Crippen LogP) is 2.28. The first-order valence-electron chi connectivity index (χ1n) is 5.25. The largest absolute Gasteiger partial charge is 0.480 e. The van der Waals surface area contributed by atoms with Crippen LogP contribution in [0.15, 0.2) is 18.3 Å². The number of hydrogen-bond donors (Lipinski definition) is 2. The second-order valence-electron chi connectivity index (χ2n) is 3.51. The lowest BCUT2D eigenvalue weighted by Crippen LogP contribution is -2.30. The Balaban J connectivity index is 2.68. The van der Waals surface area contributed by atoms with Gasteiger partial charge in [0.1, 0.15) is 6.04 Å². The van der Waals surface area contributed by atoms with Crippen LogP contribution >= 0.6 is 0 Å². The van der Waals surface area contributed by atoms with E-state index < -0.39 is 17.8 Å². The number of unbranched alkanes of at least 4 members (excludes halogenated alkanes) is 1. The molecule has 0 saturated heterocycles. The summed E-state index contributed by atoms with van der Waals surface area (Å²) in [4.78, 5) is 14.7. The molecule has 0 spiro atoms. The molecule has 0 aromatic carbocycles. The third-order valence-corrected chi connectivity index (χ3v) is 2.21. The van der Waals surface area contributed by atoms with Crippen molar-refractivity contribution in [3.05, 3.63) is 24.1 Å². The highest BCUT2D eigenvalue weighted by Gasteiger charge is 2.18. The smallest absolute Gasteiger partial charge is 0.326 e. The Morgan fingerprint density at radius 3 is 3.00 bits per heavy atom. The van der Waals surface area contributed by atoms with Crippen LogP contribution in [0.1, 0.15) is 26.2 Å². The average Bonchev–Trinajstić information content (AvgIpc) is 2.26. The maximum atomic E-state index is 13.2. The number of aromatic nitrogens is 1. The quantitative estimate of drug-likeness (QED) is 0.781. The fourth-order valence-corrected chi connectivity index (χ4v) is 1.32. The molecule has 88 valence electrons. The van der Waals surface area contributed by atoms with E-state index in [2.05, 4.69) is 10.3 Å². The number of rotatable bonds is 6. The molecule has 0 bridgehead atoms. The van der Waals surface area contributed by atoms with Crippen LogP contribution in [0.25, 0.3) is 0 Å². The molecule has 0 amide bonds. The molecule has 1 rings (SSSR count). The van der Waals surface area contributed by atoms with Gasteiger partial charge in [0.15, 0.2) is 11.6 Å². The van der Waals surface area contributed by atoms with Gasteiger partial charge in [-0.05, 0) is 18.6 Å².